The number of anilines is 2. The van der Waals surface area contributed by atoms with Gasteiger partial charge in [-0.1, -0.05) is 0 Å². The number of carbonyl (C=O) groups is 1. The fourth-order valence-corrected chi connectivity index (χ4v) is 0.643. The zero-order chi connectivity index (χ0) is 12.4. The van der Waals surface area contributed by atoms with Crippen molar-refractivity contribution >= 4 is 17.6 Å². The number of rotatable bonds is 1. The minimum atomic E-state index is -0.699. The predicted octanol–water partition coefficient (Wildman–Crippen LogP) is 0.460. The Balaban J connectivity index is 0.000000281. The van der Waals surface area contributed by atoms with Crippen molar-refractivity contribution in [3.8, 4) is 6.19 Å². The van der Waals surface area contributed by atoms with E-state index < -0.39 is 6.09 Å². The molecule has 0 saturated carbocycles. The van der Waals surface area contributed by atoms with Crippen LogP contribution >= 0.6 is 0 Å². The minimum Gasteiger partial charge on any atom is -0.449 e. The lowest BCUT2D eigenvalue weighted by Gasteiger charge is -1.93. The molecule has 0 aliphatic heterocycles. The van der Waals surface area contributed by atoms with E-state index in [0.29, 0.717) is 11.5 Å². The Kier molecular flexibility index (Phi) is 6.65. The van der Waals surface area contributed by atoms with Crippen molar-refractivity contribution in [2.24, 2.45) is 0 Å². The van der Waals surface area contributed by atoms with Crippen LogP contribution in [0.2, 0.25) is 0 Å². The van der Waals surface area contributed by atoms with Gasteiger partial charge in [0.1, 0.15) is 5.82 Å². The molecule has 0 bridgehead atoms. The first kappa shape index (κ1) is 13.5. The summed E-state index contributed by atoms with van der Waals surface area (Å²) in [6, 6.07) is 3.45. The molecule has 16 heavy (non-hydrogen) atoms. The van der Waals surface area contributed by atoms with Gasteiger partial charge in [-0.25, -0.2) is 15.1 Å². The summed E-state index contributed by atoms with van der Waals surface area (Å²) in [6.45, 7) is 1.95. The maximum absolute atomic E-state index is 10.1. The fourth-order valence-electron chi connectivity index (χ4n) is 0.643. The van der Waals surface area contributed by atoms with Crippen LogP contribution in [-0.2, 0) is 4.74 Å². The number of nitrogens with one attached hydrogen (secondary N) is 1. The molecule has 1 aromatic heterocycles. The molecule has 0 fully saturated rings. The summed E-state index contributed by atoms with van der Waals surface area (Å²) in [5, 5.41) is 9.59. The average Bonchev–Trinajstić information content (AvgIpc) is 2.24. The van der Waals surface area contributed by atoms with E-state index in [0.717, 1.165) is 0 Å². The van der Waals surface area contributed by atoms with E-state index in [9.17, 15) is 4.79 Å². The molecule has 0 radical (unpaired) electrons. The zero-order valence-corrected chi connectivity index (χ0v) is 8.80. The summed E-state index contributed by atoms with van der Waals surface area (Å²) >= 11 is 0. The predicted molar refractivity (Wildman–Crippen MR) is 58.8 cm³/mol. The van der Waals surface area contributed by atoms with Crippen LogP contribution in [0.25, 0.3) is 0 Å². The van der Waals surface area contributed by atoms with E-state index in [-0.39, 0.29) is 6.61 Å². The lowest BCUT2D eigenvalue weighted by atomic mass is 10.4. The highest BCUT2D eigenvalue weighted by molar-refractivity contribution is 5.68. The number of pyridine rings is 1. The van der Waals surface area contributed by atoms with Crippen LogP contribution in [0.15, 0.2) is 18.3 Å². The molecular formula is C9H13N5O2. The highest BCUT2D eigenvalue weighted by Crippen LogP contribution is 2.06. The third kappa shape index (κ3) is 6.04. The summed E-state index contributed by atoms with van der Waals surface area (Å²) in [6.07, 6.45) is 2.33. The van der Waals surface area contributed by atoms with Crippen molar-refractivity contribution in [2.45, 2.75) is 6.92 Å². The highest BCUT2D eigenvalue weighted by Gasteiger charge is 1.93. The summed E-state index contributed by atoms with van der Waals surface area (Å²) in [5.41, 5.74) is 11.2. The Morgan fingerprint density at radius 3 is 2.75 bits per heavy atom. The van der Waals surface area contributed by atoms with Crippen molar-refractivity contribution in [1.29, 1.82) is 5.26 Å². The van der Waals surface area contributed by atoms with E-state index in [1.165, 1.54) is 6.19 Å². The maximum Gasteiger partial charge on any atom is 0.420 e. The van der Waals surface area contributed by atoms with Gasteiger partial charge in [0.15, 0.2) is 6.19 Å². The number of nitrogens with zero attached hydrogens (tertiary/aromatic N) is 2. The molecule has 0 saturated heterocycles. The number of carbonyl (C=O) groups excluding carboxylic acids is 1. The second-order valence-electron chi connectivity index (χ2n) is 2.44. The Bertz CT molecular complexity index is 353. The molecule has 0 aliphatic rings. The van der Waals surface area contributed by atoms with E-state index in [1.807, 2.05) is 0 Å². The number of nitrogen functional groups attached to an aromatic ring is 2. The van der Waals surface area contributed by atoms with Crippen LogP contribution in [0.3, 0.4) is 0 Å². The van der Waals surface area contributed by atoms with Gasteiger partial charge in [-0.15, -0.1) is 0 Å². The normalized spacial score (nSPS) is 8.00. The second kappa shape index (κ2) is 7.87. The second-order valence-corrected chi connectivity index (χ2v) is 2.44. The van der Waals surface area contributed by atoms with Gasteiger partial charge >= 0.3 is 6.09 Å². The Hall–Kier alpha value is -2.49. The Morgan fingerprint density at radius 2 is 2.38 bits per heavy atom. The van der Waals surface area contributed by atoms with E-state index >= 15 is 0 Å². The molecule has 0 spiro atoms. The zero-order valence-electron chi connectivity index (χ0n) is 8.80. The Morgan fingerprint density at radius 1 is 1.69 bits per heavy atom. The highest BCUT2D eigenvalue weighted by atomic mass is 16.5. The molecule has 1 amide bonds. The van der Waals surface area contributed by atoms with Crippen LogP contribution in [0.4, 0.5) is 16.3 Å². The molecule has 1 heterocycles. The van der Waals surface area contributed by atoms with E-state index in [2.05, 4.69) is 9.72 Å². The standard InChI is InChI=1S/C5H7N3.C4H6N2O2/c6-4-2-1-3-8-5(4)7;1-2-8-4(7)6-3-5/h1-3H,6H2,(H2,7,8);2H2,1H3,(H,6,7). The van der Waals surface area contributed by atoms with Crippen LogP contribution in [0.1, 0.15) is 6.92 Å². The number of nitrogens with two attached hydrogens (primary N) is 2. The fraction of sp³-hybridized carbons (Fsp3) is 0.222. The minimum absolute atomic E-state index is 0.285. The molecule has 0 atom stereocenters. The quantitative estimate of drug-likeness (QED) is 0.468. The topological polar surface area (TPSA) is 127 Å². The van der Waals surface area contributed by atoms with E-state index in [4.69, 9.17) is 16.7 Å². The van der Waals surface area contributed by atoms with Crippen LogP contribution in [-0.4, -0.2) is 17.7 Å². The molecular weight excluding hydrogens is 210 g/mol. The number of amides is 1. The van der Waals surface area contributed by atoms with Crippen molar-refractivity contribution in [3.63, 3.8) is 0 Å². The van der Waals surface area contributed by atoms with Gasteiger partial charge in [-0.2, -0.15) is 5.26 Å². The smallest absolute Gasteiger partial charge is 0.420 e. The van der Waals surface area contributed by atoms with Gasteiger partial charge in [0.05, 0.1) is 12.3 Å². The number of alkyl carbamates (subject to hydrolysis) is 1. The Labute approximate surface area is 93.0 Å². The number of hydrogen-bond donors (Lipinski definition) is 3. The summed E-state index contributed by atoms with van der Waals surface area (Å²) in [5.74, 6) is 0.396. The average molecular weight is 223 g/mol. The molecule has 1 rings (SSSR count). The molecule has 0 aliphatic carbocycles. The monoisotopic (exact) mass is 223 g/mol. The molecule has 1 aromatic rings. The van der Waals surface area contributed by atoms with Gasteiger partial charge in [-0.3, -0.25) is 0 Å². The van der Waals surface area contributed by atoms with Crippen molar-refractivity contribution in [3.05, 3.63) is 18.3 Å². The number of ether oxygens (including phenoxy) is 1. The first-order valence-corrected chi connectivity index (χ1v) is 4.39. The van der Waals surface area contributed by atoms with Crippen LogP contribution in [0, 0.1) is 11.5 Å². The number of aromatic nitrogens is 1. The van der Waals surface area contributed by atoms with Gasteiger partial charge < -0.3 is 16.2 Å². The number of hydrogen-bond acceptors (Lipinski definition) is 6. The van der Waals surface area contributed by atoms with Gasteiger partial charge in [0, 0.05) is 6.20 Å². The summed E-state index contributed by atoms with van der Waals surface area (Å²) in [7, 11) is 0. The third-order valence-electron chi connectivity index (χ3n) is 1.30. The first-order chi connectivity index (χ1) is 7.61. The molecule has 7 heteroatoms. The SMILES string of the molecule is CCOC(=O)NC#N.Nc1cccnc1N. The maximum atomic E-state index is 10.1. The third-order valence-corrected chi connectivity index (χ3v) is 1.30. The lowest BCUT2D eigenvalue weighted by Crippen LogP contribution is -2.18. The van der Waals surface area contributed by atoms with E-state index in [1.54, 1.807) is 30.6 Å². The summed E-state index contributed by atoms with van der Waals surface area (Å²) < 4.78 is 4.31. The first-order valence-electron chi connectivity index (χ1n) is 4.39. The van der Waals surface area contributed by atoms with Crippen LogP contribution in [0.5, 0.6) is 0 Å². The summed E-state index contributed by atoms with van der Waals surface area (Å²) in [4.78, 5) is 13.8. The number of nitriles is 1. The lowest BCUT2D eigenvalue weighted by molar-refractivity contribution is 0.157. The molecule has 86 valence electrons. The van der Waals surface area contributed by atoms with Gasteiger partial charge in [0.2, 0.25) is 0 Å². The molecule has 7 nitrogen and oxygen atoms in total. The largest absolute Gasteiger partial charge is 0.449 e. The molecule has 5 N–H and O–H groups in total. The molecule has 0 aromatic carbocycles. The van der Waals surface area contributed by atoms with Crippen molar-refractivity contribution in [1.82, 2.24) is 10.3 Å². The van der Waals surface area contributed by atoms with Gasteiger partial charge in [-0.05, 0) is 19.1 Å². The van der Waals surface area contributed by atoms with Crippen LogP contribution < -0.4 is 16.8 Å². The van der Waals surface area contributed by atoms with Gasteiger partial charge in [0.25, 0.3) is 0 Å². The van der Waals surface area contributed by atoms with Crippen molar-refractivity contribution < 1.29 is 9.53 Å². The molecule has 0 unspecified atom stereocenters. The van der Waals surface area contributed by atoms with Crippen molar-refractivity contribution in [2.75, 3.05) is 18.1 Å².